The normalized spacial score (nSPS) is 11.6. The van der Waals surface area contributed by atoms with Crippen molar-refractivity contribution in [2.24, 2.45) is 0 Å². The molecule has 16 heavy (non-hydrogen) atoms. The van der Waals surface area contributed by atoms with E-state index in [4.69, 9.17) is 0 Å². The lowest BCUT2D eigenvalue weighted by Crippen LogP contribution is -2.26. The first-order valence-electron chi connectivity index (χ1n) is 4.98. The maximum Gasteiger partial charge on any atom is 0.208 e. The summed E-state index contributed by atoms with van der Waals surface area (Å²) in [5, 5.41) is 3.15. The lowest BCUT2D eigenvalue weighted by atomic mass is 10.4. The number of nitrogens with zero attached hydrogens (tertiary/aromatic N) is 2. The van der Waals surface area contributed by atoms with Gasteiger partial charge in [-0.25, -0.2) is 13.1 Å². The minimum Gasteiger partial charge on any atom is -0.311 e. The molecule has 0 saturated heterocycles. The van der Waals surface area contributed by atoms with E-state index in [1.165, 1.54) is 0 Å². The van der Waals surface area contributed by atoms with Gasteiger partial charge >= 0.3 is 0 Å². The molecule has 7 heteroatoms. The van der Waals surface area contributed by atoms with Gasteiger partial charge in [0.2, 0.25) is 10.0 Å². The molecule has 90 valence electrons. The van der Waals surface area contributed by atoms with E-state index in [0.29, 0.717) is 13.1 Å². The van der Waals surface area contributed by atoms with Gasteiger partial charge in [-0.05, 0) is 13.0 Å². The summed E-state index contributed by atoms with van der Waals surface area (Å²) in [5.41, 5.74) is 0.874. The molecule has 1 aromatic rings. The van der Waals surface area contributed by atoms with E-state index in [1.54, 1.807) is 18.6 Å². The van der Waals surface area contributed by atoms with Crippen LogP contribution in [0.25, 0.3) is 0 Å². The van der Waals surface area contributed by atoms with Gasteiger partial charge in [-0.2, -0.15) is 0 Å². The zero-order chi connectivity index (χ0) is 11.9. The number of sulfonamides is 1. The average molecular weight is 244 g/mol. The summed E-state index contributed by atoms with van der Waals surface area (Å²) < 4.78 is 23.9. The molecule has 0 saturated carbocycles. The number of rotatable bonds is 7. The van der Waals surface area contributed by atoms with Gasteiger partial charge in [-0.3, -0.25) is 9.97 Å². The largest absolute Gasteiger partial charge is 0.311 e. The summed E-state index contributed by atoms with van der Waals surface area (Å²) in [6.07, 6.45) is 6.86. The highest BCUT2D eigenvalue weighted by molar-refractivity contribution is 7.88. The van der Waals surface area contributed by atoms with Crippen LogP contribution in [0.2, 0.25) is 0 Å². The van der Waals surface area contributed by atoms with Crippen LogP contribution in [0.15, 0.2) is 18.6 Å². The van der Waals surface area contributed by atoms with E-state index < -0.39 is 10.0 Å². The Morgan fingerprint density at radius 3 is 2.75 bits per heavy atom. The highest BCUT2D eigenvalue weighted by Gasteiger charge is 1.98. The van der Waals surface area contributed by atoms with Crippen molar-refractivity contribution in [2.45, 2.75) is 13.0 Å². The van der Waals surface area contributed by atoms with Crippen molar-refractivity contribution in [2.75, 3.05) is 19.3 Å². The zero-order valence-electron chi connectivity index (χ0n) is 9.18. The lowest BCUT2D eigenvalue weighted by molar-refractivity contribution is 0.578. The van der Waals surface area contributed by atoms with Crippen molar-refractivity contribution in [1.82, 2.24) is 20.0 Å². The monoisotopic (exact) mass is 244 g/mol. The quantitative estimate of drug-likeness (QED) is 0.632. The number of aromatic nitrogens is 2. The molecular weight excluding hydrogens is 228 g/mol. The van der Waals surface area contributed by atoms with Crippen molar-refractivity contribution >= 4 is 10.0 Å². The SMILES string of the molecule is CS(=O)(=O)NCCCNCc1cnccn1. The molecule has 0 amide bonds. The molecule has 0 aliphatic rings. The second-order valence-corrected chi connectivity index (χ2v) is 5.23. The Bertz CT molecular complexity index is 393. The van der Waals surface area contributed by atoms with Crippen LogP contribution in [0.1, 0.15) is 12.1 Å². The minimum atomic E-state index is -3.06. The zero-order valence-corrected chi connectivity index (χ0v) is 10.00. The third kappa shape index (κ3) is 6.44. The van der Waals surface area contributed by atoms with Crippen LogP contribution in [0.3, 0.4) is 0 Å². The van der Waals surface area contributed by atoms with Gasteiger partial charge in [0.05, 0.1) is 11.9 Å². The third-order valence-electron chi connectivity index (χ3n) is 1.82. The van der Waals surface area contributed by atoms with Crippen LogP contribution < -0.4 is 10.0 Å². The number of hydrogen-bond acceptors (Lipinski definition) is 5. The van der Waals surface area contributed by atoms with Crippen molar-refractivity contribution < 1.29 is 8.42 Å². The predicted octanol–water partition coefficient (Wildman–Crippen LogP) is -0.494. The smallest absolute Gasteiger partial charge is 0.208 e. The van der Waals surface area contributed by atoms with Crippen molar-refractivity contribution in [3.8, 4) is 0 Å². The Hall–Kier alpha value is -1.05. The van der Waals surface area contributed by atoms with E-state index in [2.05, 4.69) is 20.0 Å². The van der Waals surface area contributed by atoms with E-state index in [9.17, 15) is 8.42 Å². The summed E-state index contributed by atoms with van der Waals surface area (Å²) >= 11 is 0. The maximum atomic E-state index is 10.7. The van der Waals surface area contributed by atoms with E-state index in [1.807, 2.05) is 0 Å². The second-order valence-electron chi connectivity index (χ2n) is 3.39. The van der Waals surface area contributed by atoms with Gasteiger partial charge in [-0.15, -0.1) is 0 Å². The molecule has 0 spiro atoms. The molecule has 0 radical (unpaired) electrons. The Morgan fingerprint density at radius 2 is 2.12 bits per heavy atom. The summed E-state index contributed by atoms with van der Waals surface area (Å²) in [7, 11) is -3.06. The van der Waals surface area contributed by atoms with Gasteiger partial charge < -0.3 is 5.32 Å². The summed E-state index contributed by atoms with van der Waals surface area (Å²) in [6.45, 7) is 1.83. The first kappa shape index (κ1) is 13.0. The van der Waals surface area contributed by atoms with Crippen LogP contribution in [-0.4, -0.2) is 37.7 Å². The van der Waals surface area contributed by atoms with Crippen LogP contribution >= 0.6 is 0 Å². The Morgan fingerprint density at radius 1 is 1.31 bits per heavy atom. The molecule has 1 rings (SSSR count). The topological polar surface area (TPSA) is 84.0 Å². The van der Waals surface area contributed by atoms with Crippen LogP contribution in [0, 0.1) is 0 Å². The first-order valence-corrected chi connectivity index (χ1v) is 6.87. The second kappa shape index (κ2) is 6.51. The van der Waals surface area contributed by atoms with Crippen LogP contribution in [0.5, 0.6) is 0 Å². The fourth-order valence-corrected chi connectivity index (χ4v) is 1.62. The number of hydrogen-bond donors (Lipinski definition) is 2. The van der Waals surface area contributed by atoms with Gasteiger partial charge in [0, 0.05) is 31.7 Å². The Labute approximate surface area is 95.6 Å². The van der Waals surface area contributed by atoms with Crippen molar-refractivity contribution in [3.05, 3.63) is 24.3 Å². The standard InChI is InChI=1S/C9H16N4O2S/c1-16(14,15)13-4-2-3-10-7-9-8-11-5-6-12-9/h5-6,8,10,13H,2-4,7H2,1H3. The van der Waals surface area contributed by atoms with Crippen LogP contribution in [-0.2, 0) is 16.6 Å². The van der Waals surface area contributed by atoms with Crippen molar-refractivity contribution in [1.29, 1.82) is 0 Å². The maximum absolute atomic E-state index is 10.7. The van der Waals surface area contributed by atoms with Crippen LogP contribution in [0.4, 0.5) is 0 Å². The molecule has 0 aliphatic carbocycles. The minimum absolute atomic E-state index is 0.451. The van der Waals surface area contributed by atoms with E-state index in [-0.39, 0.29) is 0 Å². The van der Waals surface area contributed by atoms with Gasteiger partial charge in [0.15, 0.2) is 0 Å². The molecule has 0 bridgehead atoms. The third-order valence-corrected chi connectivity index (χ3v) is 2.55. The molecular formula is C9H16N4O2S. The van der Waals surface area contributed by atoms with Crippen molar-refractivity contribution in [3.63, 3.8) is 0 Å². The molecule has 2 N–H and O–H groups in total. The first-order chi connectivity index (χ1) is 7.58. The lowest BCUT2D eigenvalue weighted by Gasteiger charge is -2.04. The molecule has 1 heterocycles. The Balaban J connectivity index is 2.05. The molecule has 0 atom stereocenters. The molecule has 6 nitrogen and oxygen atoms in total. The molecule has 0 fully saturated rings. The summed E-state index contributed by atoms with van der Waals surface area (Å²) in [4.78, 5) is 8.04. The van der Waals surface area contributed by atoms with Gasteiger partial charge in [0.1, 0.15) is 0 Å². The predicted molar refractivity (Wildman–Crippen MR) is 61.2 cm³/mol. The summed E-state index contributed by atoms with van der Waals surface area (Å²) in [6, 6.07) is 0. The molecule has 0 aromatic carbocycles. The number of nitrogens with one attached hydrogen (secondary N) is 2. The molecule has 0 unspecified atom stereocenters. The van der Waals surface area contributed by atoms with Gasteiger partial charge in [0.25, 0.3) is 0 Å². The fraction of sp³-hybridized carbons (Fsp3) is 0.556. The molecule has 0 aliphatic heterocycles. The van der Waals surface area contributed by atoms with E-state index >= 15 is 0 Å². The fourth-order valence-electron chi connectivity index (χ4n) is 1.11. The average Bonchev–Trinajstić information content (AvgIpc) is 2.23. The molecule has 1 aromatic heterocycles. The van der Waals surface area contributed by atoms with E-state index in [0.717, 1.165) is 24.9 Å². The van der Waals surface area contributed by atoms with Gasteiger partial charge in [-0.1, -0.05) is 0 Å². The summed E-state index contributed by atoms with van der Waals surface area (Å²) in [5.74, 6) is 0. The highest BCUT2D eigenvalue weighted by atomic mass is 32.2. The Kier molecular flexibility index (Phi) is 5.30. The highest BCUT2D eigenvalue weighted by Crippen LogP contribution is 1.88.